The van der Waals surface area contributed by atoms with Crippen molar-refractivity contribution < 1.29 is 9.47 Å². The van der Waals surface area contributed by atoms with Crippen molar-refractivity contribution in [2.24, 2.45) is 17.8 Å². The van der Waals surface area contributed by atoms with Crippen LogP contribution in [0.5, 0.6) is 11.5 Å². The molecule has 1 N–H and O–H groups in total. The number of hydrogen-bond acceptors (Lipinski definition) is 3. The van der Waals surface area contributed by atoms with Gasteiger partial charge in [0.1, 0.15) is 6.61 Å². The van der Waals surface area contributed by atoms with Crippen LogP contribution < -0.4 is 14.8 Å². The second-order valence-corrected chi connectivity index (χ2v) is 10.9. The Labute approximate surface area is 199 Å². The van der Waals surface area contributed by atoms with Gasteiger partial charge in [-0.25, -0.2) is 0 Å². The monoisotopic (exact) mass is 479 g/mol. The standard InChI is InChI=1S/C25H28Cl3NO2/c1-30-23-8-18(13-29-25-10-15-4-16(11-25)6-17(5-15)12-25)7-22(28)24(23)31-14-19-2-3-20(26)9-21(19)27/h2-3,7-9,15-17,29H,4-6,10-14H2,1H3. The molecule has 4 bridgehead atoms. The van der Waals surface area contributed by atoms with E-state index in [-0.39, 0.29) is 6.61 Å². The van der Waals surface area contributed by atoms with Gasteiger partial charge in [0.2, 0.25) is 0 Å². The van der Waals surface area contributed by atoms with Crippen LogP contribution in [0.4, 0.5) is 0 Å². The van der Waals surface area contributed by atoms with Gasteiger partial charge < -0.3 is 14.8 Å². The van der Waals surface area contributed by atoms with Crippen molar-refractivity contribution in [2.75, 3.05) is 7.11 Å². The molecule has 0 saturated heterocycles. The van der Waals surface area contributed by atoms with E-state index in [1.165, 1.54) is 38.5 Å². The molecule has 31 heavy (non-hydrogen) atoms. The summed E-state index contributed by atoms with van der Waals surface area (Å²) in [7, 11) is 1.64. The fourth-order valence-electron chi connectivity index (χ4n) is 6.42. The minimum Gasteiger partial charge on any atom is -0.493 e. The van der Waals surface area contributed by atoms with Crippen LogP contribution in [0.3, 0.4) is 0 Å². The van der Waals surface area contributed by atoms with E-state index in [4.69, 9.17) is 44.3 Å². The maximum absolute atomic E-state index is 6.61. The Hall–Kier alpha value is -1.13. The van der Waals surface area contributed by atoms with Gasteiger partial charge in [0.25, 0.3) is 0 Å². The number of benzene rings is 2. The molecule has 0 unspecified atom stereocenters. The summed E-state index contributed by atoms with van der Waals surface area (Å²) in [4.78, 5) is 0. The lowest BCUT2D eigenvalue weighted by Crippen LogP contribution is -2.58. The van der Waals surface area contributed by atoms with Gasteiger partial charge in [-0.15, -0.1) is 0 Å². The average molecular weight is 481 g/mol. The SMILES string of the molecule is COc1cc(CNC23CC4CC(CC(C4)C2)C3)cc(Cl)c1OCc1ccc(Cl)cc1Cl. The number of rotatable bonds is 7. The lowest BCUT2D eigenvalue weighted by atomic mass is 9.53. The second-order valence-electron chi connectivity index (χ2n) is 9.68. The normalized spacial score (nSPS) is 28.7. The summed E-state index contributed by atoms with van der Waals surface area (Å²) in [6.45, 7) is 1.09. The Bertz CT molecular complexity index is 942. The predicted octanol–water partition coefficient (Wildman–Crippen LogP) is 7.29. The number of methoxy groups -OCH3 is 1. The van der Waals surface area contributed by atoms with Crippen LogP contribution in [0.2, 0.25) is 15.1 Å². The number of nitrogens with one attached hydrogen (secondary N) is 1. The summed E-state index contributed by atoms with van der Waals surface area (Å²) in [5, 5.41) is 5.64. The molecule has 166 valence electrons. The minimum absolute atomic E-state index is 0.289. The quantitative estimate of drug-likeness (QED) is 0.451. The Balaban J connectivity index is 1.28. The molecule has 0 heterocycles. The highest BCUT2D eigenvalue weighted by atomic mass is 35.5. The topological polar surface area (TPSA) is 30.5 Å². The molecule has 0 radical (unpaired) electrons. The maximum Gasteiger partial charge on any atom is 0.180 e. The lowest BCUT2D eigenvalue weighted by Gasteiger charge is -2.57. The average Bonchev–Trinajstić information content (AvgIpc) is 2.71. The molecule has 4 fully saturated rings. The highest BCUT2D eigenvalue weighted by molar-refractivity contribution is 6.35. The van der Waals surface area contributed by atoms with Gasteiger partial charge in [-0.3, -0.25) is 0 Å². The summed E-state index contributed by atoms with van der Waals surface area (Å²) >= 11 is 18.9. The van der Waals surface area contributed by atoms with Crippen molar-refractivity contribution in [1.82, 2.24) is 5.32 Å². The van der Waals surface area contributed by atoms with Crippen molar-refractivity contribution >= 4 is 34.8 Å². The molecular formula is C25H28Cl3NO2. The van der Waals surface area contributed by atoms with Crippen molar-refractivity contribution in [1.29, 1.82) is 0 Å². The summed E-state index contributed by atoms with van der Waals surface area (Å²) in [5.74, 6) is 3.95. The molecule has 0 aliphatic heterocycles. The van der Waals surface area contributed by atoms with E-state index in [1.54, 1.807) is 19.2 Å². The third kappa shape index (κ3) is 4.53. The molecule has 4 saturated carbocycles. The van der Waals surface area contributed by atoms with Crippen LogP contribution in [-0.4, -0.2) is 12.6 Å². The van der Waals surface area contributed by atoms with Gasteiger partial charge in [0.05, 0.1) is 12.1 Å². The summed E-state index contributed by atoms with van der Waals surface area (Å²) in [6.07, 6.45) is 8.32. The minimum atomic E-state index is 0.289. The second kappa shape index (κ2) is 8.67. The van der Waals surface area contributed by atoms with Crippen LogP contribution >= 0.6 is 34.8 Å². The maximum atomic E-state index is 6.61. The number of ether oxygens (including phenoxy) is 2. The molecule has 0 aromatic heterocycles. The highest BCUT2D eigenvalue weighted by Crippen LogP contribution is 2.55. The third-order valence-corrected chi connectivity index (χ3v) is 8.25. The Morgan fingerprint density at radius 3 is 2.23 bits per heavy atom. The molecule has 6 heteroatoms. The first-order valence-electron chi connectivity index (χ1n) is 11.1. The van der Waals surface area contributed by atoms with Crippen LogP contribution in [-0.2, 0) is 13.2 Å². The summed E-state index contributed by atoms with van der Waals surface area (Å²) in [6, 6.07) is 9.37. The van der Waals surface area contributed by atoms with Gasteiger partial charge in [-0.1, -0.05) is 40.9 Å². The first-order valence-corrected chi connectivity index (χ1v) is 12.2. The molecular weight excluding hydrogens is 453 g/mol. The van der Waals surface area contributed by atoms with Crippen molar-refractivity contribution in [3.05, 3.63) is 56.5 Å². The summed E-state index contributed by atoms with van der Waals surface area (Å²) < 4.78 is 11.6. The van der Waals surface area contributed by atoms with Gasteiger partial charge >= 0.3 is 0 Å². The van der Waals surface area contributed by atoms with Crippen LogP contribution in [0.1, 0.15) is 49.7 Å². The zero-order valence-electron chi connectivity index (χ0n) is 17.7. The molecule has 0 amide bonds. The third-order valence-electron chi connectivity index (χ3n) is 7.38. The highest BCUT2D eigenvalue weighted by Gasteiger charge is 2.50. The predicted molar refractivity (Wildman–Crippen MR) is 127 cm³/mol. The smallest absolute Gasteiger partial charge is 0.180 e. The molecule has 0 spiro atoms. The fraction of sp³-hybridized carbons (Fsp3) is 0.520. The van der Waals surface area contributed by atoms with Gasteiger partial charge in [-0.05, 0) is 86.1 Å². The molecule has 6 rings (SSSR count). The molecule has 0 atom stereocenters. The molecule has 4 aliphatic carbocycles. The van der Waals surface area contributed by atoms with E-state index in [1.807, 2.05) is 18.2 Å². The molecule has 4 aliphatic rings. The summed E-state index contributed by atoms with van der Waals surface area (Å²) in [5.41, 5.74) is 2.28. The zero-order chi connectivity index (χ0) is 21.6. The first-order chi connectivity index (χ1) is 14.9. The molecule has 2 aromatic carbocycles. The number of hydrogen-bond donors (Lipinski definition) is 1. The van der Waals surface area contributed by atoms with Gasteiger partial charge in [-0.2, -0.15) is 0 Å². The van der Waals surface area contributed by atoms with Crippen molar-refractivity contribution in [3.63, 3.8) is 0 Å². The van der Waals surface area contributed by atoms with Crippen LogP contribution in [0.15, 0.2) is 30.3 Å². The lowest BCUT2D eigenvalue weighted by molar-refractivity contribution is -0.0206. The first kappa shape index (κ1) is 21.7. The Morgan fingerprint density at radius 1 is 0.935 bits per heavy atom. The molecule has 2 aromatic rings. The van der Waals surface area contributed by atoms with Crippen molar-refractivity contribution in [2.45, 2.75) is 57.2 Å². The van der Waals surface area contributed by atoms with Crippen LogP contribution in [0.25, 0.3) is 0 Å². The van der Waals surface area contributed by atoms with E-state index in [2.05, 4.69) is 5.32 Å². The fourth-order valence-corrected chi connectivity index (χ4v) is 7.17. The van der Waals surface area contributed by atoms with E-state index < -0.39 is 0 Å². The zero-order valence-corrected chi connectivity index (χ0v) is 20.0. The Kier molecular flexibility index (Phi) is 6.07. The van der Waals surface area contributed by atoms with Crippen LogP contribution in [0, 0.1) is 17.8 Å². The number of halogens is 3. The van der Waals surface area contributed by atoms with Crippen molar-refractivity contribution in [3.8, 4) is 11.5 Å². The molecule has 3 nitrogen and oxygen atoms in total. The Morgan fingerprint density at radius 2 is 1.61 bits per heavy atom. The van der Waals surface area contributed by atoms with E-state index in [0.717, 1.165) is 35.4 Å². The largest absolute Gasteiger partial charge is 0.493 e. The van der Waals surface area contributed by atoms with Gasteiger partial charge in [0, 0.05) is 27.7 Å². The van der Waals surface area contributed by atoms with E-state index >= 15 is 0 Å². The van der Waals surface area contributed by atoms with E-state index in [9.17, 15) is 0 Å². The van der Waals surface area contributed by atoms with Gasteiger partial charge in [0.15, 0.2) is 11.5 Å². The van der Waals surface area contributed by atoms with E-state index in [0.29, 0.717) is 32.1 Å².